The van der Waals surface area contributed by atoms with Crippen molar-refractivity contribution in [3.8, 4) is 0 Å². The van der Waals surface area contributed by atoms with Gasteiger partial charge in [0.2, 0.25) is 5.09 Å². The fraction of sp³-hybridized carbons (Fsp3) is 0.0556. The van der Waals surface area contributed by atoms with Crippen molar-refractivity contribution in [1.82, 2.24) is 9.97 Å². The summed E-state index contributed by atoms with van der Waals surface area (Å²) in [6.07, 6.45) is 3.50. The molecule has 0 aliphatic rings. The fourth-order valence-electron chi connectivity index (χ4n) is 2.43. The second-order valence-electron chi connectivity index (χ2n) is 5.44. The normalized spacial score (nSPS) is 12.3. The Labute approximate surface area is 161 Å². The van der Waals surface area contributed by atoms with Crippen molar-refractivity contribution in [2.24, 2.45) is 0 Å². The highest BCUT2D eigenvalue weighted by atomic mass is 35.5. The quantitative estimate of drug-likeness (QED) is 0.432. The van der Waals surface area contributed by atoms with Crippen LogP contribution in [0.25, 0.3) is 11.0 Å². The number of hydrogen-bond donors (Lipinski definition) is 2. The summed E-state index contributed by atoms with van der Waals surface area (Å²) in [5, 5.41) is 1.85. The molecule has 2 N–H and O–H groups in total. The number of thioether (sulfide) groups is 1. The van der Waals surface area contributed by atoms with E-state index in [0.717, 1.165) is 16.1 Å². The molecule has 2 heterocycles. The monoisotopic (exact) mass is 403 g/mol. The molecule has 132 valence electrons. The number of aromatic nitrogens is 2. The van der Waals surface area contributed by atoms with Crippen molar-refractivity contribution in [3.63, 3.8) is 0 Å². The number of nitrogens with one attached hydrogen (secondary N) is 2. The van der Waals surface area contributed by atoms with Gasteiger partial charge in [-0.1, -0.05) is 29.8 Å². The first-order valence-corrected chi connectivity index (χ1v) is 10.3. The molecular weight excluding hydrogens is 390 g/mol. The standard InChI is InChI=1S/C18H14ClN3O2S2/c19-13-5-6-16(25-11-17-20-7-8-21-17)14(10-13)22-26(23)18-9-12-3-1-2-4-15(12)24-18/h1-10,22H,11H2,(H,20,21). The fourth-order valence-corrected chi connectivity index (χ4v) is 4.42. The third kappa shape index (κ3) is 3.80. The van der Waals surface area contributed by atoms with Gasteiger partial charge in [0.15, 0.2) is 11.0 Å². The first-order valence-electron chi connectivity index (χ1n) is 7.77. The van der Waals surface area contributed by atoms with Gasteiger partial charge in [0.05, 0.1) is 11.4 Å². The lowest BCUT2D eigenvalue weighted by Crippen LogP contribution is -2.04. The minimum absolute atomic E-state index is 0.369. The first kappa shape index (κ1) is 17.2. The minimum Gasteiger partial charge on any atom is -0.445 e. The molecule has 0 fully saturated rings. The summed E-state index contributed by atoms with van der Waals surface area (Å²) >= 11 is 7.70. The maximum atomic E-state index is 12.7. The molecule has 0 bridgehead atoms. The van der Waals surface area contributed by atoms with Crippen LogP contribution in [0.3, 0.4) is 0 Å². The summed E-state index contributed by atoms with van der Waals surface area (Å²) in [6, 6.07) is 14.8. The Morgan fingerprint density at radius 2 is 2.12 bits per heavy atom. The molecule has 8 heteroatoms. The zero-order valence-corrected chi connectivity index (χ0v) is 15.8. The van der Waals surface area contributed by atoms with E-state index in [-0.39, 0.29) is 0 Å². The SMILES string of the molecule is O=S(Nc1cc(Cl)ccc1SCc1ncc[nH]1)c1cc2ccccc2o1. The van der Waals surface area contributed by atoms with Crippen LogP contribution in [0.1, 0.15) is 5.82 Å². The number of furan rings is 1. The second kappa shape index (κ2) is 7.57. The average molecular weight is 404 g/mol. The van der Waals surface area contributed by atoms with Gasteiger partial charge in [-0.15, -0.1) is 11.8 Å². The third-order valence-electron chi connectivity index (χ3n) is 3.65. The highest BCUT2D eigenvalue weighted by Crippen LogP contribution is 2.33. The van der Waals surface area contributed by atoms with Crippen molar-refractivity contribution >= 4 is 51.0 Å². The van der Waals surface area contributed by atoms with E-state index in [0.29, 0.717) is 27.1 Å². The smallest absolute Gasteiger partial charge is 0.212 e. The molecule has 0 saturated heterocycles. The van der Waals surface area contributed by atoms with Gasteiger partial charge in [0.1, 0.15) is 11.4 Å². The van der Waals surface area contributed by atoms with Crippen molar-refractivity contribution in [1.29, 1.82) is 0 Å². The Morgan fingerprint density at radius 3 is 2.92 bits per heavy atom. The van der Waals surface area contributed by atoms with Crippen LogP contribution in [-0.2, 0) is 16.7 Å². The lowest BCUT2D eigenvalue weighted by molar-refractivity contribution is 0.504. The van der Waals surface area contributed by atoms with Crippen LogP contribution in [0, 0.1) is 0 Å². The van der Waals surface area contributed by atoms with E-state index in [1.165, 1.54) is 0 Å². The van der Waals surface area contributed by atoms with Gasteiger partial charge < -0.3 is 9.40 Å². The highest BCUT2D eigenvalue weighted by molar-refractivity contribution is 7.98. The van der Waals surface area contributed by atoms with Gasteiger partial charge in [-0.2, -0.15) is 0 Å². The number of aromatic amines is 1. The average Bonchev–Trinajstić information content (AvgIpc) is 3.30. The molecule has 0 radical (unpaired) electrons. The van der Waals surface area contributed by atoms with E-state index in [1.807, 2.05) is 30.3 Å². The maximum Gasteiger partial charge on any atom is 0.212 e. The number of H-pyrrole nitrogens is 1. The summed E-state index contributed by atoms with van der Waals surface area (Å²) in [4.78, 5) is 8.21. The van der Waals surface area contributed by atoms with E-state index >= 15 is 0 Å². The van der Waals surface area contributed by atoms with E-state index in [1.54, 1.807) is 42.4 Å². The second-order valence-corrected chi connectivity index (χ2v) is 8.04. The Hall–Kier alpha value is -2.22. The summed E-state index contributed by atoms with van der Waals surface area (Å²) in [7, 11) is -1.54. The molecule has 0 saturated carbocycles. The van der Waals surface area contributed by atoms with E-state index in [2.05, 4.69) is 14.7 Å². The van der Waals surface area contributed by atoms with E-state index in [9.17, 15) is 4.21 Å². The molecule has 0 aliphatic heterocycles. The number of nitrogens with zero attached hydrogens (tertiary/aromatic N) is 1. The van der Waals surface area contributed by atoms with Gasteiger partial charge in [0, 0.05) is 33.8 Å². The van der Waals surface area contributed by atoms with Crippen LogP contribution in [0.2, 0.25) is 5.02 Å². The van der Waals surface area contributed by atoms with Crippen molar-refractivity contribution < 1.29 is 8.63 Å². The Bertz CT molecular complexity index is 1030. The predicted molar refractivity (Wildman–Crippen MR) is 106 cm³/mol. The number of halogens is 1. The molecule has 26 heavy (non-hydrogen) atoms. The van der Waals surface area contributed by atoms with Crippen LogP contribution in [0.4, 0.5) is 5.69 Å². The topological polar surface area (TPSA) is 70.9 Å². The van der Waals surface area contributed by atoms with Gasteiger partial charge >= 0.3 is 0 Å². The lowest BCUT2D eigenvalue weighted by atomic mass is 10.3. The highest BCUT2D eigenvalue weighted by Gasteiger charge is 2.14. The van der Waals surface area contributed by atoms with Crippen molar-refractivity contribution in [3.05, 3.63) is 71.8 Å². The van der Waals surface area contributed by atoms with Gasteiger partial charge in [-0.25, -0.2) is 9.19 Å². The van der Waals surface area contributed by atoms with Gasteiger partial charge in [-0.05, 0) is 24.3 Å². The maximum absolute atomic E-state index is 12.7. The molecule has 0 spiro atoms. The number of anilines is 1. The van der Waals surface area contributed by atoms with Crippen LogP contribution < -0.4 is 4.72 Å². The summed E-state index contributed by atoms with van der Waals surface area (Å²) < 4.78 is 21.4. The number of hydrogen-bond acceptors (Lipinski definition) is 4. The Balaban J connectivity index is 1.56. The molecule has 1 unspecified atom stereocenters. The van der Waals surface area contributed by atoms with Crippen molar-refractivity contribution in [2.75, 3.05) is 4.72 Å². The lowest BCUT2D eigenvalue weighted by Gasteiger charge is -2.10. The molecule has 1 atom stereocenters. The van der Waals surface area contributed by atoms with E-state index < -0.39 is 11.0 Å². The molecule has 0 amide bonds. The van der Waals surface area contributed by atoms with Crippen molar-refractivity contribution in [2.45, 2.75) is 15.7 Å². The summed E-state index contributed by atoms with van der Waals surface area (Å²) in [5.74, 6) is 1.54. The number of rotatable bonds is 6. The third-order valence-corrected chi connectivity index (χ3v) is 5.94. The first-order chi connectivity index (χ1) is 12.7. The van der Waals surface area contributed by atoms with Crippen LogP contribution in [-0.4, -0.2) is 14.2 Å². The minimum atomic E-state index is -1.54. The predicted octanol–water partition coefficient (Wildman–Crippen LogP) is 5.24. The van der Waals surface area contributed by atoms with E-state index in [4.69, 9.17) is 16.0 Å². The molecular formula is C18H14ClN3O2S2. The number of fused-ring (bicyclic) bond motifs is 1. The molecule has 4 aromatic rings. The van der Waals surface area contributed by atoms with Crippen LogP contribution in [0.5, 0.6) is 0 Å². The summed E-state index contributed by atoms with van der Waals surface area (Å²) in [5.41, 5.74) is 1.39. The van der Waals surface area contributed by atoms with Crippen LogP contribution in [0.15, 0.2) is 75.3 Å². The van der Waals surface area contributed by atoms with Gasteiger partial charge in [0.25, 0.3) is 0 Å². The molecule has 2 aromatic carbocycles. The zero-order valence-electron chi connectivity index (χ0n) is 13.4. The molecule has 4 rings (SSSR count). The molecule has 0 aliphatic carbocycles. The molecule has 2 aromatic heterocycles. The number of benzene rings is 2. The molecule has 5 nitrogen and oxygen atoms in total. The summed E-state index contributed by atoms with van der Waals surface area (Å²) in [6.45, 7) is 0. The number of para-hydroxylation sites is 1. The zero-order chi connectivity index (χ0) is 17.9. The Morgan fingerprint density at radius 1 is 1.23 bits per heavy atom. The van der Waals surface area contributed by atoms with Crippen LogP contribution >= 0.6 is 23.4 Å². The van der Waals surface area contributed by atoms with Gasteiger partial charge in [-0.3, -0.25) is 4.72 Å². The Kier molecular flexibility index (Phi) is 5.01. The largest absolute Gasteiger partial charge is 0.445 e. The number of imidazole rings is 1.